The van der Waals surface area contributed by atoms with E-state index in [9.17, 15) is 0 Å². The fraction of sp³-hybridized carbons (Fsp3) is 0.611. The second kappa shape index (κ2) is 5.70. The van der Waals surface area contributed by atoms with Crippen molar-refractivity contribution >= 4 is 16.6 Å². The maximum atomic E-state index is 4.08. The van der Waals surface area contributed by atoms with Gasteiger partial charge < -0.3 is 5.32 Å². The van der Waals surface area contributed by atoms with Gasteiger partial charge in [-0.15, -0.1) is 0 Å². The van der Waals surface area contributed by atoms with Crippen LogP contribution in [0.5, 0.6) is 0 Å². The Morgan fingerprint density at radius 2 is 2.00 bits per heavy atom. The molecule has 2 aromatic rings. The predicted octanol–water partition coefficient (Wildman–Crippen LogP) is 4.97. The molecule has 114 valence electrons. The van der Waals surface area contributed by atoms with Crippen molar-refractivity contribution in [3.63, 3.8) is 0 Å². The van der Waals surface area contributed by atoms with Gasteiger partial charge in [-0.1, -0.05) is 27.2 Å². The third-order valence-electron chi connectivity index (χ3n) is 5.55. The maximum absolute atomic E-state index is 4.08. The number of fused-ring (bicyclic) bond motifs is 1. The number of nitrogens with one attached hydrogen (secondary N) is 2. The van der Waals surface area contributed by atoms with Gasteiger partial charge in [0.05, 0.1) is 11.7 Å². The van der Waals surface area contributed by atoms with Crippen LogP contribution in [0.25, 0.3) is 10.9 Å². The van der Waals surface area contributed by atoms with Crippen LogP contribution < -0.4 is 5.32 Å². The molecule has 0 aliphatic heterocycles. The molecule has 3 rings (SSSR count). The first-order chi connectivity index (χ1) is 10.1. The Kier molecular flexibility index (Phi) is 3.92. The molecular weight excluding hydrogens is 258 g/mol. The Hall–Kier alpha value is -1.51. The summed E-state index contributed by atoms with van der Waals surface area (Å²) in [6, 6.07) is 7.08. The highest BCUT2D eigenvalue weighted by atomic mass is 15.1. The van der Waals surface area contributed by atoms with E-state index in [-0.39, 0.29) is 0 Å². The van der Waals surface area contributed by atoms with Crippen LogP contribution in [-0.2, 0) is 0 Å². The summed E-state index contributed by atoms with van der Waals surface area (Å²) >= 11 is 0. The van der Waals surface area contributed by atoms with Gasteiger partial charge in [-0.3, -0.25) is 5.10 Å². The molecule has 1 fully saturated rings. The van der Waals surface area contributed by atoms with Crippen LogP contribution in [0.2, 0.25) is 0 Å². The van der Waals surface area contributed by atoms with Gasteiger partial charge in [0, 0.05) is 17.1 Å². The van der Waals surface area contributed by atoms with E-state index in [4.69, 9.17) is 0 Å². The molecule has 0 unspecified atom stereocenters. The summed E-state index contributed by atoms with van der Waals surface area (Å²) in [6.07, 6.45) is 8.46. The molecule has 0 atom stereocenters. The second-order valence-electron chi connectivity index (χ2n) is 7.21. The van der Waals surface area contributed by atoms with E-state index >= 15 is 0 Å². The van der Waals surface area contributed by atoms with Crippen molar-refractivity contribution in [2.75, 3.05) is 5.32 Å². The summed E-state index contributed by atoms with van der Waals surface area (Å²) in [7, 11) is 0. The topological polar surface area (TPSA) is 40.7 Å². The SMILES string of the molecule is CCC(C)(C)C1CCC(Nc2ccc3[nH]ncc3c2)CC1. The van der Waals surface area contributed by atoms with E-state index in [1.165, 1.54) is 43.2 Å². The summed E-state index contributed by atoms with van der Waals surface area (Å²) in [6.45, 7) is 7.18. The third-order valence-corrected chi connectivity index (χ3v) is 5.55. The molecule has 1 saturated carbocycles. The highest BCUT2D eigenvalue weighted by Crippen LogP contribution is 2.40. The predicted molar refractivity (Wildman–Crippen MR) is 89.5 cm³/mol. The lowest BCUT2D eigenvalue weighted by Gasteiger charge is -2.39. The summed E-state index contributed by atoms with van der Waals surface area (Å²) in [5.41, 5.74) is 2.83. The molecule has 1 aromatic heterocycles. The van der Waals surface area contributed by atoms with Crippen LogP contribution >= 0.6 is 0 Å². The highest BCUT2D eigenvalue weighted by Gasteiger charge is 2.31. The number of nitrogens with zero attached hydrogens (tertiary/aromatic N) is 1. The highest BCUT2D eigenvalue weighted by molar-refractivity contribution is 5.81. The van der Waals surface area contributed by atoms with Crippen molar-refractivity contribution < 1.29 is 0 Å². The number of hydrogen-bond donors (Lipinski definition) is 2. The van der Waals surface area contributed by atoms with Crippen molar-refractivity contribution in [1.29, 1.82) is 0 Å². The van der Waals surface area contributed by atoms with Gasteiger partial charge in [0.1, 0.15) is 0 Å². The summed E-state index contributed by atoms with van der Waals surface area (Å²) < 4.78 is 0. The summed E-state index contributed by atoms with van der Waals surface area (Å²) in [4.78, 5) is 0. The van der Waals surface area contributed by atoms with E-state index in [1.807, 2.05) is 6.20 Å². The molecule has 1 heterocycles. The van der Waals surface area contributed by atoms with Gasteiger partial charge in [0.2, 0.25) is 0 Å². The molecule has 0 saturated heterocycles. The van der Waals surface area contributed by atoms with Crippen LogP contribution in [0.15, 0.2) is 24.4 Å². The first-order valence-electron chi connectivity index (χ1n) is 8.28. The number of rotatable bonds is 4. The molecule has 0 amide bonds. The Balaban J connectivity index is 1.60. The summed E-state index contributed by atoms with van der Waals surface area (Å²) in [5, 5.41) is 12.0. The number of H-pyrrole nitrogens is 1. The average Bonchev–Trinajstić information content (AvgIpc) is 2.95. The van der Waals surface area contributed by atoms with Crippen LogP contribution in [0.4, 0.5) is 5.69 Å². The third kappa shape index (κ3) is 3.07. The van der Waals surface area contributed by atoms with E-state index in [0.717, 1.165) is 11.4 Å². The summed E-state index contributed by atoms with van der Waals surface area (Å²) in [5.74, 6) is 0.886. The van der Waals surface area contributed by atoms with Crippen LogP contribution in [0, 0.1) is 11.3 Å². The second-order valence-corrected chi connectivity index (χ2v) is 7.21. The minimum Gasteiger partial charge on any atom is -0.382 e. The molecule has 1 aliphatic rings. The lowest BCUT2D eigenvalue weighted by atomic mass is 9.69. The zero-order valence-electron chi connectivity index (χ0n) is 13.4. The fourth-order valence-electron chi connectivity index (χ4n) is 3.58. The standard InChI is InChI=1S/C18H27N3/c1-4-18(2,3)14-5-7-15(8-6-14)20-16-9-10-17-13(11-16)12-19-21-17/h9-12,14-15,20H,4-8H2,1-3H3,(H,19,21). The normalized spacial score (nSPS) is 23.4. The Bertz CT molecular complexity index is 591. The fourth-order valence-corrected chi connectivity index (χ4v) is 3.58. The average molecular weight is 285 g/mol. The van der Waals surface area contributed by atoms with Crippen molar-refractivity contribution in [3.05, 3.63) is 24.4 Å². The molecule has 0 radical (unpaired) electrons. The van der Waals surface area contributed by atoms with Crippen LogP contribution in [-0.4, -0.2) is 16.2 Å². The van der Waals surface area contributed by atoms with Crippen LogP contribution in [0.1, 0.15) is 52.9 Å². The number of aromatic amines is 1. The minimum atomic E-state index is 0.501. The Morgan fingerprint density at radius 3 is 2.71 bits per heavy atom. The molecule has 3 nitrogen and oxygen atoms in total. The number of benzene rings is 1. The Morgan fingerprint density at radius 1 is 1.24 bits per heavy atom. The smallest absolute Gasteiger partial charge is 0.0651 e. The number of anilines is 1. The van der Waals surface area contributed by atoms with Crippen LogP contribution in [0.3, 0.4) is 0 Å². The van der Waals surface area contributed by atoms with E-state index in [2.05, 4.69) is 54.5 Å². The Labute approximate surface area is 127 Å². The van der Waals surface area contributed by atoms with E-state index < -0.39 is 0 Å². The van der Waals surface area contributed by atoms with Crippen molar-refractivity contribution in [2.24, 2.45) is 11.3 Å². The lowest BCUT2D eigenvalue weighted by Crippen LogP contribution is -2.32. The maximum Gasteiger partial charge on any atom is 0.0651 e. The van der Waals surface area contributed by atoms with Gasteiger partial charge >= 0.3 is 0 Å². The first-order valence-corrected chi connectivity index (χ1v) is 8.28. The van der Waals surface area contributed by atoms with E-state index in [0.29, 0.717) is 11.5 Å². The van der Waals surface area contributed by atoms with Crippen molar-refractivity contribution in [2.45, 2.75) is 58.9 Å². The molecule has 3 heteroatoms. The largest absolute Gasteiger partial charge is 0.382 e. The minimum absolute atomic E-state index is 0.501. The molecule has 2 N–H and O–H groups in total. The van der Waals surface area contributed by atoms with Gasteiger partial charge in [-0.25, -0.2) is 0 Å². The number of aromatic nitrogens is 2. The zero-order chi connectivity index (χ0) is 14.9. The van der Waals surface area contributed by atoms with Gasteiger partial charge in [-0.05, 0) is 55.2 Å². The molecule has 0 bridgehead atoms. The molecule has 21 heavy (non-hydrogen) atoms. The van der Waals surface area contributed by atoms with Crippen molar-refractivity contribution in [3.8, 4) is 0 Å². The zero-order valence-corrected chi connectivity index (χ0v) is 13.4. The van der Waals surface area contributed by atoms with E-state index in [1.54, 1.807) is 0 Å². The monoisotopic (exact) mass is 285 g/mol. The number of hydrogen-bond acceptors (Lipinski definition) is 2. The lowest BCUT2D eigenvalue weighted by molar-refractivity contribution is 0.147. The van der Waals surface area contributed by atoms with Gasteiger partial charge in [0.15, 0.2) is 0 Å². The molecular formula is C18H27N3. The van der Waals surface area contributed by atoms with Crippen molar-refractivity contribution in [1.82, 2.24) is 10.2 Å². The molecule has 1 aliphatic carbocycles. The molecule has 0 spiro atoms. The first kappa shape index (κ1) is 14.4. The van der Waals surface area contributed by atoms with Gasteiger partial charge in [0.25, 0.3) is 0 Å². The van der Waals surface area contributed by atoms with Gasteiger partial charge in [-0.2, -0.15) is 5.10 Å². The quantitative estimate of drug-likeness (QED) is 0.832. The molecule has 1 aromatic carbocycles.